The number of ether oxygens (including phenoxy) is 1. The average molecular weight is 239 g/mol. The minimum Gasteiger partial charge on any atom is -0.456 e. The highest BCUT2D eigenvalue weighted by atomic mass is 16.5. The molecule has 4 heteroatoms. The quantitative estimate of drug-likeness (QED) is 0.638. The van der Waals surface area contributed by atoms with Crippen molar-refractivity contribution in [3.63, 3.8) is 0 Å². The number of benzene rings is 2. The van der Waals surface area contributed by atoms with Gasteiger partial charge in [0.1, 0.15) is 17.6 Å². The zero-order valence-electron chi connectivity index (χ0n) is 9.97. The predicted molar refractivity (Wildman–Crippen MR) is 70.2 cm³/mol. The Morgan fingerprint density at radius 3 is 2.67 bits per heavy atom. The van der Waals surface area contributed by atoms with Crippen LogP contribution in [-0.4, -0.2) is 0 Å². The lowest BCUT2D eigenvalue weighted by molar-refractivity contribution is 0.481. The number of nitrogens with two attached hydrogens (primary N) is 1. The molecule has 2 rings (SSSR count). The number of hydrazine groups is 1. The van der Waals surface area contributed by atoms with E-state index in [0.717, 1.165) is 11.3 Å². The third kappa shape index (κ3) is 2.42. The number of nitrogens with one attached hydrogen (secondary N) is 1. The van der Waals surface area contributed by atoms with Crippen molar-refractivity contribution in [1.82, 2.24) is 0 Å². The lowest BCUT2D eigenvalue weighted by Gasteiger charge is -2.10. The molecule has 90 valence electrons. The molecule has 0 amide bonds. The first-order chi connectivity index (χ1) is 8.74. The topological polar surface area (TPSA) is 71.1 Å². The van der Waals surface area contributed by atoms with Crippen LogP contribution in [0.5, 0.6) is 11.5 Å². The van der Waals surface area contributed by atoms with Gasteiger partial charge in [-0.15, -0.1) is 0 Å². The maximum atomic E-state index is 8.98. The van der Waals surface area contributed by atoms with Gasteiger partial charge in [0, 0.05) is 0 Å². The van der Waals surface area contributed by atoms with Gasteiger partial charge < -0.3 is 10.2 Å². The van der Waals surface area contributed by atoms with E-state index in [1.165, 1.54) is 0 Å². The van der Waals surface area contributed by atoms with Crippen molar-refractivity contribution >= 4 is 5.69 Å². The van der Waals surface area contributed by atoms with Crippen LogP contribution < -0.4 is 16.0 Å². The molecular formula is C14H13N3O. The van der Waals surface area contributed by atoms with E-state index in [1.807, 2.05) is 25.1 Å². The molecule has 0 aromatic heterocycles. The molecule has 2 aromatic rings. The third-order valence-electron chi connectivity index (χ3n) is 2.59. The summed E-state index contributed by atoms with van der Waals surface area (Å²) in [4.78, 5) is 0. The van der Waals surface area contributed by atoms with E-state index in [4.69, 9.17) is 15.8 Å². The van der Waals surface area contributed by atoms with Crippen LogP contribution in [0, 0.1) is 18.3 Å². The molecule has 0 aliphatic rings. The normalized spacial score (nSPS) is 9.61. The van der Waals surface area contributed by atoms with Crippen molar-refractivity contribution in [2.24, 2.45) is 5.84 Å². The van der Waals surface area contributed by atoms with Crippen molar-refractivity contribution < 1.29 is 4.74 Å². The highest BCUT2D eigenvalue weighted by molar-refractivity contribution is 5.54. The van der Waals surface area contributed by atoms with E-state index in [1.54, 1.807) is 24.3 Å². The third-order valence-corrected chi connectivity index (χ3v) is 2.59. The fourth-order valence-electron chi connectivity index (χ4n) is 1.64. The SMILES string of the molecule is Cc1cc(Oc2ccccc2C#N)ccc1NN. The van der Waals surface area contributed by atoms with Gasteiger partial charge in [0.15, 0.2) is 0 Å². The average Bonchev–Trinajstić information content (AvgIpc) is 2.39. The van der Waals surface area contributed by atoms with Crippen LogP contribution >= 0.6 is 0 Å². The summed E-state index contributed by atoms with van der Waals surface area (Å²) in [5.74, 6) is 6.59. The standard InChI is InChI=1S/C14H13N3O/c1-10-8-12(6-7-13(10)17-16)18-14-5-3-2-4-11(14)9-15/h2-8,17H,16H2,1H3. The molecule has 0 spiro atoms. The molecule has 0 saturated heterocycles. The van der Waals surface area contributed by atoms with Crippen LogP contribution in [0.25, 0.3) is 0 Å². The van der Waals surface area contributed by atoms with E-state index in [2.05, 4.69) is 11.5 Å². The molecule has 0 bridgehead atoms. The van der Waals surface area contributed by atoms with Crippen molar-refractivity contribution in [1.29, 1.82) is 5.26 Å². The summed E-state index contributed by atoms with van der Waals surface area (Å²) in [6.45, 7) is 1.93. The molecule has 3 N–H and O–H groups in total. The monoisotopic (exact) mass is 239 g/mol. The van der Waals surface area contributed by atoms with E-state index < -0.39 is 0 Å². The minimum absolute atomic E-state index is 0.510. The van der Waals surface area contributed by atoms with Crippen LogP contribution in [-0.2, 0) is 0 Å². The molecule has 0 atom stereocenters. The number of nitriles is 1. The van der Waals surface area contributed by atoms with Gasteiger partial charge >= 0.3 is 0 Å². The smallest absolute Gasteiger partial charge is 0.145 e. The fourth-order valence-corrected chi connectivity index (χ4v) is 1.64. The van der Waals surface area contributed by atoms with Crippen LogP contribution in [0.2, 0.25) is 0 Å². The van der Waals surface area contributed by atoms with E-state index in [0.29, 0.717) is 17.1 Å². The summed E-state index contributed by atoms with van der Waals surface area (Å²) in [5.41, 5.74) is 4.93. The van der Waals surface area contributed by atoms with Gasteiger partial charge in [-0.25, -0.2) is 0 Å². The molecule has 18 heavy (non-hydrogen) atoms. The van der Waals surface area contributed by atoms with Crippen molar-refractivity contribution in [2.45, 2.75) is 6.92 Å². The maximum Gasteiger partial charge on any atom is 0.145 e. The molecule has 0 fully saturated rings. The number of nitrogen functional groups attached to an aromatic ring is 1. The molecule has 0 aliphatic carbocycles. The van der Waals surface area contributed by atoms with Crippen LogP contribution in [0.3, 0.4) is 0 Å². The molecule has 2 aromatic carbocycles. The Morgan fingerprint density at radius 2 is 2.00 bits per heavy atom. The number of hydrogen-bond acceptors (Lipinski definition) is 4. The second-order valence-electron chi connectivity index (χ2n) is 3.83. The van der Waals surface area contributed by atoms with Crippen LogP contribution in [0.4, 0.5) is 5.69 Å². The number of aryl methyl sites for hydroxylation is 1. The van der Waals surface area contributed by atoms with Gasteiger partial charge in [-0.3, -0.25) is 5.84 Å². The first kappa shape index (κ1) is 12.0. The molecule has 0 unspecified atom stereocenters. The number of anilines is 1. The molecular weight excluding hydrogens is 226 g/mol. The lowest BCUT2D eigenvalue weighted by Crippen LogP contribution is -2.07. The van der Waals surface area contributed by atoms with Gasteiger partial charge in [0.25, 0.3) is 0 Å². The summed E-state index contributed by atoms with van der Waals surface area (Å²) in [6.07, 6.45) is 0. The summed E-state index contributed by atoms with van der Waals surface area (Å²) in [5, 5.41) is 8.98. The van der Waals surface area contributed by atoms with E-state index in [-0.39, 0.29) is 0 Å². The number of rotatable bonds is 3. The summed E-state index contributed by atoms with van der Waals surface area (Å²) in [6, 6.07) is 14.7. The van der Waals surface area contributed by atoms with Crippen LogP contribution in [0.15, 0.2) is 42.5 Å². The van der Waals surface area contributed by atoms with Gasteiger partial charge in [0.2, 0.25) is 0 Å². The molecule has 0 heterocycles. The Bertz CT molecular complexity index is 602. The minimum atomic E-state index is 0.510. The van der Waals surface area contributed by atoms with Gasteiger partial charge in [-0.05, 0) is 42.8 Å². The lowest BCUT2D eigenvalue weighted by atomic mass is 10.2. The van der Waals surface area contributed by atoms with Gasteiger partial charge in [-0.2, -0.15) is 5.26 Å². The Morgan fingerprint density at radius 1 is 1.22 bits per heavy atom. The van der Waals surface area contributed by atoms with Crippen molar-refractivity contribution in [3.8, 4) is 17.6 Å². The second-order valence-corrected chi connectivity index (χ2v) is 3.83. The Hall–Kier alpha value is -2.51. The highest BCUT2D eigenvalue weighted by Crippen LogP contribution is 2.27. The second kappa shape index (κ2) is 5.21. The van der Waals surface area contributed by atoms with Crippen LogP contribution in [0.1, 0.15) is 11.1 Å². The molecule has 0 radical (unpaired) electrons. The molecule has 0 saturated carbocycles. The molecule has 0 aliphatic heterocycles. The summed E-state index contributed by atoms with van der Waals surface area (Å²) in [7, 11) is 0. The van der Waals surface area contributed by atoms with E-state index in [9.17, 15) is 0 Å². The zero-order valence-corrected chi connectivity index (χ0v) is 9.97. The van der Waals surface area contributed by atoms with Crippen molar-refractivity contribution in [2.75, 3.05) is 5.43 Å². The maximum absolute atomic E-state index is 8.98. The number of para-hydroxylation sites is 1. The Labute approximate surface area is 106 Å². The van der Waals surface area contributed by atoms with Gasteiger partial charge in [0.05, 0.1) is 11.3 Å². The Balaban J connectivity index is 2.29. The molecule has 4 nitrogen and oxygen atoms in total. The highest BCUT2D eigenvalue weighted by Gasteiger charge is 2.05. The zero-order chi connectivity index (χ0) is 13.0. The number of nitrogens with zero attached hydrogens (tertiary/aromatic N) is 1. The predicted octanol–water partition coefficient (Wildman–Crippen LogP) is 2.94. The first-order valence-electron chi connectivity index (χ1n) is 5.49. The van der Waals surface area contributed by atoms with Crippen molar-refractivity contribution in [3.05, 3.63) is 53.6 Å². The van der Waals surface area contributed by atoms with Gasteiger partial charge in [-0.1, -0.05) is 12.1 Å². The Kier molecular flexibility index (Phi) is 3.46. The summed E-state index contributed by atoms with van der Waals surface area (Å²) >= 11 is 0. The largest absolute Gasteiger partial charge is 0.456 e. The first-order valence-corrected chi connectivity index (χ1v) is 5.49. The van der Waals surface area contributed by atoms with E-state index >= 15 is 0 Å². The number of hydrogen-bond donors (Lipinski definition) is 2. The fraction of sp³-hybridized carbons (Fsp3) is 0.0714. The summed E-state index contributed by atoms with van der Waals surface area (Å²) < 4.78 is 5.69.